The molecule has 2 fully saturated rings. The SMILES string of the molecule is O=C(O)c1coc(C(=O)N2CCC(N3CCOCC3)C2)c1. The molecule has 7 heteroatoms. The highest BCUT2D eigenvalue weighted by atomic mass is 16.5. The van der Waals surface area contributed by atoms with Gasteiger partial charge in [-0.15, -0.1) is 0 Å². The maximum absolute atomic E-state index is 12.3. The molecule has 0 aromatic carbocycles. The van der Waals surface area contributed by atoms with Crippen molar-refractivity contribution >= 4 is 11.9 Å². The Morgan fingerprint density at radius 2 is 2.00 bits per heavy atom. The number of carbonyl (C=O) groups excluding carboxylic acids is 1. The monoisotopic (exact) mass is 294 g/mol. The topological polar surface area (TPSA) is 83.2 Å². The van der Waals surface area contributed by atoms with Crippen molar-refractivity contribution in [3.8, 4) is 0 Å². The van der Waals surface area contributed by atoms with Gasteiger partial charge in [-0.2, -0.15) is 0 Å². The molecule has 21 heavy (non-hydrogen) atoms. The number of rotatable bonds is 3. The lowest BCUT2D eigenvalue weighted by atomic mass is 10.2. The van der Waals surface area contributed by atoms with Gasteiger partial charge in [0.15, 0.2) is 5.76 Å². The zero-order valence-electron chi connectivity index (χ0n) is 11.7. The van der Waals surface area contributed by atoms with Gasteiger partial charge in [0.2, 0.25) is 0 Å². The third-order valence-electron chi connectivity index (χ3n) is 4.07. The molecule has 114 valence electrons. The molecular weight excluding hydrogens is 276 g/mol. The van der Waals surface area contributed by atoms with Crippen molar-refractivity contribution in [2.24, 2.45) is 0 Å². The van der Waals surface area contributed by atoms with Crippen LogP contribution in [0.2, 0.25) is 0 Å². The first kappa shape index (κ1) is 14.1. The number of carbonyl (C=O) groups is 2. The van der Waals surface area contributed by atoms with Crippen LogP contribution in [0.1, 0.15) is 27.3 Å². The maximum Gasteiger partial charge on any atom is 0.338 e. The van der Waals surface area contributed by atoms with Crippen LogP contribution in [0.3, 0.4) is 0 Å². The molecule has 0 aliphatic carbocycles. The van der Waals surface area contributed by atoms with Crippen LogP contribution in [-0.4, -0.2) is 72.2 Å². The van der Waals surface area contributed by atoms with E-state index in [0.29, 0.717) is 19.1 Å². The number of carboxylic acids is 1. The summed E-state index contributed by atoms with van der Waals surface area (Å²) in [5.74, 6) is -1.24. The summed E-state index contributed by atoms with van der Waals surface area (Å²) in [5, 5.41) is 8.85. The Kier molecular flexibility index (Phi) is 3.94. The summed E-state index contributed by atoms with van der Waals surface area (Å²) < 4.78 is 10.4. The number of furan rings is 1. The van der Waals surface area contributed by atoms with Gasteiger partial charge in [-0.1, -0.05) is 0 Å². The molecule has 0 saturated carbocycles. The molecule has 0 spiro atoms. The van der Waals surface area contributed by atoms with Crippen molar-refractivity contribution in [2.45, 2.75) is 12.5 Å². The minimum absolute atomic E-state index is 0.00211. The molecule has 3 rings (SSSR count). The number of nitrogens with zero attached hydrogens (tertiary/aromatic N) is 2. The minimum atomic E-state index is -1.09. The molecule has 1 amide bonds. The lowest BCUT2D eigenvalue weighted by Gasteiger charge is -2.31. The zero-order valence-corrected chi connectivity index (χ0v) is 11.7. The molecule has 1 aromatic heterocycles. The van der Waals surface area contributed by atoms with E-state index in [4.69, 9.17) is 14.3 Å². The van der Waals surface area contributed by atoms with Crippen molar-refractivity contribution < 1.29 is 23.8 Å². The summed E-state index contributed by atoms with van der Waals surface area (Å²) in [6.07, 6.45) is 2.03. The fourth-order valence-electron chi connectivity index (χ4n) is 2.88. The van der Waals surface area contributed by atoms with Crippen molar-refractivity contribution in [1.29, 1.82) is 0 Å². The second kappa shape index (κ2) is 5.87. The van der Waals surface area contributed by atoms with Crippen molar-refractivity contribution in [3.63, 3.8) is 0 Å². The second-order valence-electron chi connectivity index (χ2n) is 5.35. The fourth-order valence-corrected chi connectivity index (χ4v) is 2.88. The van der Waals surface area contributed by atoms with E-state index >= 15 is 0 Å². The molecule has 2 saturated heterocycles. The first-order valence-electron chi connectivity index (χ1n) is 7.08. The van der Waals surface area contributed by atoms with Gasteiger partial charge in [-0.3, -0.25) is 9.69 Å². The van der Waals surface area contributed by atoms with Crippen LogP contribution in [0.4, 0.5) is 0 Å². The van der Waals surface area contributed by atoms with Crippen molar-refractivity contribution in [2.75, 3.05) is 39.4 Å². The molecule has 7 nitrogen and oxygen atoms in total. The average molecular weight is 294 g/mol. The Hall–Kier alpha value is -1.86. The summed E-state index contributed by atoms with van der Waals surface area (Å²) in [6.45, 7) is 4.61. The Balaban J connectivity index is 1.62. The van der Waals surface area contributed by atoms with Crippen LogP contribution in [0, 0.1) is 0 Å². The third kappa shape index (κ3) is 2.93. The van der Waals surface area contributed by atoms with Crippen LogP contribution >= 0.6 is 0 Å². The largest absolute Gasteiger partial charge is 0.478 e. The average Bonchev–Trinajstić information content (AvgIpc) is 3.17. The van der Waals surface area contributed by atoms with Crippen LogP contribution < -0.4 is 0 Å². The molecular formula is C14H18N2O5. The number of morpholine rings is 1. The van der Waals surface area contributed by atoms with E-state index in [1.165, 1.54) is 6.07 Å². The Labute approximate surface area is 122 Å². The summed E-state index contributed by atoms with van der Waals surface area (Å²) in [7, 11) is 0. The van der Waals surface area contributed by atoms with Gasteiger partial charge in [0.1, 0.15) is 6.26 Å². The standard InChI is InChI=1S/C14H18N2O5/c17-13(12-7-10(9-21-12)14(18)19)16-2-1-11(8-16)15-3-5-20-6-4-15/h7,9,11H,1-6,8H2,(H,18,19). The van der Waals surface area contributed by atoms with Crippen molar-refractivity contribution in [1.82, 2.24) is 9.80 Å². The van der Waals surface area contributed by atoms with Gasteiger partial charge < -0.3 is 19.2 Å². The Bertz CT molecular complexity index is 535. The molecule has 2 aliphatic rings. The lowest BCUT2D eigenvalue weighted by Crippen LogP contribution is -2.45. The predicted octanol–water partition coefficient (Wildman–Crippen LogP) is 0.525. The first-order valence-corrected chi connectivity index (χ1v) is 7.08. The summed E-state index contributed by atoms with van der Waals surface area (Å²) in [4.78, 5) is 27.2. The molecule has 0 bridgehead atoms. The van der Waals surface area contributed by atoms with Gasteiger partial charge in [0.05, 0.1) is 18.8 Å². The predicted molar refractivity (Wildman–Crippen MR) is 72.4 cm³/mol. The Morgan fingerprint density at radius 3 is 2.67 bits per heavy atom. The normalized spacial score (nSPS) is 23.4. The van der Waals surface area contributed by atoms with E-state index < -0.39 is 5.97 Å². The number of amides is 1. The lowest BCUT2D eigenvalue weighted by molar-refractivity contribution is 0.0184. The number of ether oxygens (including phenoxy) is 1. The highest BCUT2D eigenvalue weighted by molar-refractivity contribution is 5.95. The number of hydrogen-bond acceptors (Lipinski definition) is 5. The van der Waals surface area contributed by atoms with Gasteiger partial charge in [0.25, 0.3) is 5.91 Å². The molecule has 1 N–H and O–H groups in total. The first-order chi connectivity index (χ1) is 10.1. The van der Waals surface area contributed by atoms with E-state index in [2.05, 4.69) is 4.90 Å². The molecule has 2 aliphatic heterocycles. The van der Waals surface area contributed by atoms with Crippen molar-refractivity contribution in [3.05, 3.63) is 23.7 Å². The van der Waals surface area contributed by atoms with Crippen LogP contribution in [0.5, 0.6) is 0 Å². The Morgan fingerprint density at radius 1 is 1.24 bits per heavy atom. The highest BCUT2D eigenvalue weighted by Gasteiger charge is 2.32. The summed E-state index contributed by atoms with van der Waals surface area (Å²) in [6, 6.07) is 1.64. The number of likely N-dealkylation sites (tertiary alicyclic amines) is 1. The van der Waals surface area contributed by atoms with Gasteiger partial charge in [-0.05, 0) is 6.42 Å². The molecule has 3 heterocycles. The summed E-state index contributed by atoms with van der Waals surface area (Å²) >= 11 is 0. The van der Waals surface area contributed by atoms with E-state index in [1.807, 2.05) is 0 Å². The van der Waals surface area contributed by atoms with Gasteiger partial charge >= 0.3 is 5.97 Å². The van der Waals surface area contributed by atoms with E-state index in [0.717, 1.165) is 39.0 Å². The van der Waals surface area contributed by atoms with Gasteiger partial charge in [-0.25, -0.2) is 4.79 Å². The quantitative estimate of drug-likeness (QED) is 0.875. The smallest absolute Gasteiger partial charge is 0.338 e. The summed E-state index contributed by atoms with van der Waals surface area (Å²) in [5.41, 5.74) is 0.00211. The zero-order chi connectivity index (χ0) is 14.8. The fraction of sp³-hybridized carbons (Fsp3) is 0.571. The van der Waals surface area contributed by atoms with Crippen LogP contribution in [-0.2, 0) is 4.74 Å². The van der Waals surface area contributed by atoms with Crippen LogP contribution in [0.15, 0.2) is 16.7 Å². The van der Waals surface area contributed by atoms with E-state index in [-0.39, 0.29) is 17.2 Å². The molecule has 1 aromatic rings. The number of carboxylic acid groups (broad SMARTS) is 1. The highest BCUT2D eigenvalue weighted by Crippen LogP contribution is 2.20. The number of hydrogen-bond donors (Lipinski definition) is 1. The van der Waals surface area contributed by atoms with E-state index in [1.54, 1.807) is 4.90 Å². The third-order valence-corrected chi connectivity index (χ3v) is 4.07. The van der Waals surface area contributed by atoms with Crippen LogP contribution in [0.25, 0.3) is 0 Å². The van der Waals surface area contributed by atoms with E-state index in [9.17, 15) is 9.59 Å². The number of aromatic carboxylic acids is 1. The second-order valence-corrected chi connectivity index (χ2v) is 5.35. The molecule has 0 radical (unpaired) electrons. The molecule has 1 atom stereocenters. The van der Waals surface area contributed by atoms with Gasteiger partial charge in [0, 0.05) is 38.3 Å². The maximum atomic E-state index is 12.3. The minimum Gasteiger partial charge on any atom is -0.478 e. The molecule has 1 unspecified atom stereocenters.